The molecular formula is C12H8F3N3O2. The average molecular weight is 283 g/mol. The van der Waals surface area contributed by atoms with Crippen LogP contribution in [-0.2, 0) is 11.0 Å². The maximum atomic E-state index is 12.4. The van der Waals surface area contributed by atoms with Crippen LogP contribution in [0.15, 0.2) is 36.8 Å². The zero-order chi connectivity index (χ0) is 14.8. The third-order valence-electron chi connectivity index (χ3n) is 2.33. The summed E-state index contributed by atoms with van der Waals surface area (Å²) >= 11 is 0. The standard InChI is InChI=1S/C12H8F3N3O2/c13-12(14,15)9-2-3-10(16-6-9)18-7-8(5-17-18)1-4-11(19)20/h1-7H,(H,19,20)/b4-1+. The van der Waals surface area contributed by atoms with Gasteiger partial charge in [0.1, 0.15) is 0 Å². The lowest BCUT2D eigenvalue weighted by Crippen LogP contribution is -2.06. The minimum Gasteiger partial charge on any atom is -0.478 e. The third-order valence-corrected chi connectivity index (χ3v) is 2.33. The Hall–Kier alpha value is -2.64. The fraction of sp³-hybridized carbons (Fsp3) is 0.0833. The SMILES string of the molecule is O=C(O)/C=C/c1cnn(-c2ccc(C(F)(F)F)cn2)c1. The molecule has 0 spiro atoms. The van der Waals surface area contributed by atoms with Crippen LogP contribution in [0.3, 0.4) is 0 Å². The number of carboxylic acids is 1. The monoisotopic (exact) mass is 283 g/mol. The first-order valence-corrected chi connectivity index (χ1v) is 5.35. The summed E-state index contributed by atoms with van der Waals surface area (Å²) in [6, 6.07) is 2.08. The van der Waals surface area contributed by atoms with Gasteiger partial charge in [0.15, 0.2) is 5.82 Å². The normalized spacial score (nSPS) is 11.9. The van der Waals surface area contributed by atoms with Gasteiger partial charge in [0.05, 0.1) is 11.8 Å². The van der Waals surface area contributed by atoms with Crippen LogP contribution >= 0.6 is 0 Å². The fourth-order valence-corrected chi connectivity index (χ4v) is 1.40. The Labute approximate surface area is 111 Å². The molecule has 1 N–H and O–H groups in total. The summed E-state index contributed by atoms with van der Waals surface area (Å²) in [5.41, 5.74) is -0.353. The van der Waals surface area contributed by atoms with Gasteiger partial charge in [0, 0.05) is 24.0 Å². The van der Waals surface area contributed by atoms with Gasteiger partial charge in [-0.2, -0.15) is 18.3 Å². The number of hydrogen-bond donors (Lipinski definition) is 1. The van der Waals surface area contributed by atoms with Crippen LogP contribution in [0.5, 0.6) is 0 Å². The Bertz CT molecular complexity index is 645. The first kappa shape index (κ1) is 13.8. The van der Waals surface area contributed by atoms with Crippen LogP contribution in [0.2, 0.25) is 0 Å². The second-order valence-electron chi connectivity index (χ2n) is 3.79. The minimum absolute atomic E-state index is 0.202. The molecule has 20 heavy (non-hydrogen) atoms. The summed E-state index contributed by atoms with van der Waals surface area (Å²) in [6.45, 7) is 0. The molecule has 2 heterocycles. The number of carboxylic acid groups (broad SMARTS) is 1. The lowest BCUT2D eigenvalue weighted by molar-refractivity contribution is -0.137. The smallest absolute Gasteiger partial charge is 0.417 e. The number of carbonyl (C=O) groups is 1. The Morgan fingerprint density at radius 3 is 2.60 bits per heavy atom. The number of halogens is 3. The second kappa shape index (κ2) is 5.16. The highest BCUT2D eigenvalue weighted by molar-refractivity contribution is 5.85. The quantitative estimate of drug-likeness (QED) is 0.878. The Morgan fingerprint density at radius 2 is 2.05 bits per heavy atom. The van der Waals surface area contributed by atoms with Crippen molar-refractivity contribution in [2.75, 3.05) is 0 Å². The minimum atomic E-state index is -4.44. The van der Waals surface area contributed by atoms with E-state index < -0.39 is 17.7 Å². The van der Waals surface area contributed by atoms with Gasteiger partial charge in [-0.3, -0.25) is 0 Å². The van der Waals surface area contributed by atoms with Crippen molar-refractivity contribution in [2.24, 2.45) is 0 Å². The van der Waals surface area contributed by atoms with Crippen molar-refractivity contribution in [1.29, 1.82) is 0 Å². The van der Waals surface area contributed by atoms with Crippen molar-refractivity contribution in [1.82, 2.24) is 14.8 Å². The molecule has 0 aromatic carbocycles. The van der Waals surface area contributed by atoms with Crippen molar-refractivity contribution in [3.05, 3.63) is 47.9 Å². The maximum absolute atomic E-state index is 12.4. The predicted molar refractivity (Wildman–Crippen MR) is 63.0 cm³/mol. The molecule has 2 aromatic rings. The summed E-state index contributed by atoms with van der Waals surface area (Å²) in [6.07, 6.45) is 1.35. The van der Waals surface area contributed by atoms with E-state index in [-0.39, 0.29) is 5.82 Å². The Morgan fingerprint density at radius 1 is 1.30 bits per heavy atom. The highest BCUT2D eigenvalue weighted by Crippen LogP contribution is 2.28. The van der Waals surface area contributed by atoms with Crippen LogP contribution in [0.1, 0.15) is 11.1 Å². The van der Waals surface area contributed by atoms with Gasteiger partial charge >= 0.3 is 12.1 Å². The molecule has 0 unspecified atom stereocenters. The van der Waals surface area contributed by atoms with Crippen molar-refractivity contribution < 1.29 is 23.1 Å². The van der Waals surface area contributed by atoms with Crippen LogP contribution in [0, 0.1) is 0 Å². The Kier molecular flexibility index (Phi) is 3.55. The molecule has 0 aliphatic rings. The van der Waals surface area contributed by atoms with Gasteiger partial charge in [-0.05, 0) is 18.2 Å². The van der Waals surface area contributed by atoms with E-state index in [1.165, 1.54) is 29.2 Å². The highest BCUT2D eigenvalue weighted by atomic mass is 19.4. The Balaban J connectivity index is 2.22. The molecule has 0 aliphatic carbocycles. The van der Waals surface area contributed by atoms with Gasteiger partial charge < -0.3 is 5.11 Å². The second-order valence-corrected chi connectivity index (χ2v) is 3.79. The van der Waals surface area contributed by atoms with Crippen molar-refractivity contribution in [2.45, 2.75) is 6.18 Å². The zero-order valence-electron chi connectivity index (χ0n) is 9.87. The number of rotatable bonds is 3. The summed E-state index contributed by atoms with van der Waals surface area (Å²) < 4.78 is 38.4. The summed E-state index contributed by atoms with van der Waals surface area (Å²) in [7, 11) is 0. The molecule has 8 heteroatoms. The first-order chi connectivity index (χ1) is 9.36. The topological polar surface area (TPSA) is 68.0 Å². The molecule has 2 aromatic heterocycles. The van der Waals surface area contributed by atoms with Gasteiger partial charge in [-0.15, -0.1) is 0 Å². The van der Waals surface area contributed by atoms with E-state index in [9.17, 15) is 18.0 Å². The van der Waals surface area contributed by atoms with E-state index in [4.69, 9.17) is 5.11 Å². The molecule has 0 fully saturated rings. The molecular weight excluding hydrogens is 275 g/mol. The molecule has 104 valence electrons. The zero-order valence-corrected chi connectivity index (χ0v) is 9.87. The first-order valence-electron chi connectivity index (χ1n) is 5.35. The summed E-state index contributed by atoms with van der Waals surface area (Å²) in [5, 5.41) is 12.4. The van der Waals surface area contributed by atoms with Crippen LogP contribution in [0.4, 0.5) is 13.2 Å². The fourth-order valence-electron chi connectivity index (χ4n) is 1.40. The predicted octanol–water partition coefficient (Wildman–Crippen LogP) is 2.38. The lowest BCUT2D eigenvalue weighted by Gasteiger charge is -2.06. The van der Waals surface area contributed by atoms with Crippen molar-refractivity contribution >= 4 is 12.0 Å². The number of aliphatic carboxylic acids is 1. The highest BCUT2D eigenvalue weighted by Gasteiger charge is 2.30. The molecule has 2 rings (SSSR count). The number of alkyl halides is 3. The molecule has 5 nitrogen and oxygen atoms in total. The van der Waals surface area contributed by atoms with Crippen molar-refractivity contribution in [3.8, 4) is 5.82 Å². The van der Waals surface area contributed by atoms with Gasteiger partial charge in [0.25, 0.3) is 0 Å². The van der Waals surface area contributed by atoms with Crippen LogP contribution < -0.4 is 0 Å². The number of aromatic nitrogens is 3. The van der Waals surface area contributed by atoms with E-state index in [0.717, 1.165) is 12.1 Å². The average Bonchev–Trinajstić information content (AvgIpc) is 2.84. The number of hydrogen-bond acceptors (Lipinski definition) is 3. The van der Waals surface area contributed by atoms with Crippen LogP contribution in [-0.4, -0.2) is 25.8 Å². The summed E-state index contributed by atoms with van der Waals surface area (Å²) in [4.78, 5) is 14.0. The van der Waals surface area contributed by atoms with E-state index in [1.807, 2.05) is 0 Å². The molecule has 0 saturated heterocycles. The number of pyridine rings is 1. The van der Waals surface area contributed by atoms with Gasteiger partial charge in [0.2, 0.25) is 0 Å². The molecule has 0 atom stereocenters. The van der Waals surface area contributed by atoms with Gasteiger partial charge in [-0.25, -0.2) is 14.5 Å². The third kappa shape index (κ3) is 3.22. The van der Waals surface area contributed by atoms with E-state index in [0.29, 0.717) is 11.8 Å². The molecule has 0 radical (unpaired) electrons. The molecule has 0 aliphatic heterocycles. The number of nitrogens with zero attached hydrogens (tertiary/aromatic N) is 3. The summed E-state index contributed by atoms with van der Waals surface area (Å²) in [5.74, 6) is -0.904. The van der Waals surface area contributed by atoms with Gasteiger partial charge in [-0.1, -0.05) is 0 Å². The van der Waals surface area contributed by atoms with E-state index >= 15 is 0 Å². The molecule has 0 saturated carbocycles. The maximum Gasteiger partial charge on any atom is 0.417 e. The lowest BCUT2D eigenvalue weighted by atomic mass is 10.3. The molecule has 0 bridgehead atoms. The largest absolute Gasteiger partial charge is 0.478 e. The van der Waals surface area contributed by atoms with Crippen LogP contribution in [0.25, 0.3) is 11.9 Å². The van der Waals surface area contributed by atoms with Crippen molar-refractivity contribution in [3.63, 3.8) is 0 Å². The molecule has 0 amide bonds. The van der Waals surface area contributed by atoms with E-state index in [1.54, 1.807) is 0 Å². The van der Waals surface area contributed by atoms with E-state index in [2.05, 4.69) is 10.1 Å².